The highest BCUT2D eigenvalue weighted by Crippen LogP contribution is 2.33. The van der Waals surface area contributed by atoms with Crippen molar-refractivity contribution in [3.8, 4) is 5.75 Å². The SMILES string of the molecule is C[C@@H](NC(=O)C[C@H]1CC[C@@H]2[C@H](COc3ccc(NS(=O)(=O)c4ccc(Cl)cc4)cc3C(=O)N2C)O1)c1ccccc1. The summed E-state index contributed by atoms with van der Waals surface area (Å²) in [6.45, 7) is 2.13. The topological polar surface area (TPSA) is 114 Å². The summed E-state index contributed by atoms with van der Waals surface area (Å²) in [5.41, 5.74) is 1.51. The van der Waals surface area contributed by atoms with E-state index in [1.165, 1.54) is 30.3 Å². The molecule has 0 bridgehead atoms. The minimum atomic E-state index is -3.89. The van der Waals surface area contributed by atoms with E-state index in [0.29, 0.717) is 23.6 Å². The van der Waals surface area contributed by atoms with Gasteiger partial charge < -0.3 is 19.7 Å². The number of likely N-dealkylation sites (N-methyl/N-ethyl adjacent to an activating group) is 1. The van der Waals surface area contributed by atoms with E-state index in [1.54, 1.807) is 24.1 Å². The van der Waals surface area contributed by atoms with Crippen LogP contribution in [0.4, 0.5) is 5.69 Å². The first-order valence-electron chi connectivity index (χ1n) is 13.4. The molecule has 0 spiro atoms. The lowest BCUT2D eigenvalue weighted by atomic mass is 9.94. The molecule has 5 rings (SSSR count). The van der Waals surface area contributed by atoms with Gasteiger partial charge in [-0.1, -0.05) is 41.9 Å². The molecular formula is C30H32ClN3O6S. The Kier molecular flexibility index (Phi) is 8.53. The second-order valence-corrected chi connectivity index (χ2v) is 12.5. The molecule has 0 radical (unpaired) electrons. The molecule has 0 aliphatic carbocycles. The fourth-order valence-corrected chi connectivity index (χ4v) is 6.43. The number of carbonyl (C=O) groups is 2. The summed E-state index contributed by atoms with van der Waals surface area (Å²) >= 11 is 5.88. The van der Waals surface area contributed by atoms with Gasteiger partial charge in [-0.25, -0.2) is 8.42 Å². The Morgan fingerprint density at radius 2 is 1.80 bits per heavy atom. The Labute approximate surface area is 244 Å². The zero-order valence-electron chi connectivity index (χ0n) is 22.7. The number of fused-ring (bicyclic) bond motifs is 2. The molecule has 2 amide bonds. The number of hydrogen-bond donors (Lipinski definition) is 2. The number of sulfonamides is 1. The molecule has 2 aliphatic heterocycles. The highest BCUT2D eigenvalue weighted by molar-refractivity contribution is 7.92. The lowest BCUT2D eigenvalue weighted by Gasteiger charge is -2.42. The zero-order valence-corrected chi connectivity index (χ0v) is 24.3. The van der Waals surface area contributed by atoms with Crippen LogP contribution in [0.1, 0.15) is 48.1 Å². The second kappa shape index (κ2) is 12.1. The lowest BCUT2D eigenvalue weighted by molar-refractivity contribution is -0.134. The molecule has 216 valence electrons. The van der Waals surface area contributed by atoms with Crippen molar-refractivity contribution in [3.63, 3.8) is 0 Å². The number of nitrogens with one attached hydrogen (secondary N) is 2. The maximum atomic E-state index is 13.5. The van der Waals surface area contributed by atoms with Crippen LogP contribution < -0.4 is 14.8 Å². The van der Waals surface area contributed by atoms with Crippen molar-refractivity contribution in [2.75, 3.05) is 18.4 Å². The molecule has 0 aromatic heterocycles. The average Bonchev–Trinajstić information content (AvgIpc) is 2.95. The molecule has 1 fully saturated rings. The van der Waals surface area contributed by atoms with Gasteiger partial charge in [0.05, 0.1) is 35.1 Å². The third-order valence-corrected chi connectivity index (χ3v) is 9.13. The number of halogens is 1. The van der Waals surface area contributed by atoms with Crippen LogP contribution in [0, 0.1) is 0 Å². The largest absolute Gasteiger partial charge is 0.490 e. The smallest absolute Gasteiger partial charge is 0.261 e. The maximum absolute atomic E-state index is 13.5. The van der Waals surface area contributed by atoms with E-state index < -0.39 is 16.1 Å². The molecule has 2 N–H and O–H groups in total. The Morgan fingerprint density at radius 3 is 2.54 bits per heavy atom. The summed E-state index contributed by atoms with van der Waals surface area (Å²) < 4.78 is 40.5. The van der Waals surface area contributed by atoms with Gasteiger partial charge in [-0.3, -0.25) is 14.3 Å². The number of nitrogens with zero attached hydrogens (tertiary/aromatic N) is 1. The van der Waals surface area contributed by atoms with Crippen molar-refractivity contribution in [1.82, 2.24) is 10.2 Å². The number of hydrogen-bond acceptors (Lipinski definition) is 6. The van der Waals surface area contributed by atoms with Gasteiger partial charge in [0.2, 0.25) is 5.91 Å². The Morgan fingerprint density at radius 1 is 1.07 bits per heavy atom. The summed E-state index contributed by atoms with van der Waals surface area (Å²) in [5, 5.41) is 3.46. The number of rotatable bonds is 7. The van der Waals surface area contributed by atoms with E-state index >= 15 is 0 Å². The van der Waals surface area contributed by atoms with Crippen LogP contribution in [-0.2, 0) is 19.6 Å². The van der Waals surface area contributed by atoms with E-state index in [1.807, 2.05) is 37.3 Å². The first kappa shape index (κ1) is 28.9. The molecular weight excluding hydrogens is 566 g/mol. The first-order valence-corrected chi connectivity index (χ1v) is 15.3. The fraction of sp³-hybridized carbons (Fsp3) is 0.333. The molecule has 2 aliphatic rings. The third kappa shape index (κ3) is 6.66. The Hall–Kier alpha value is -3.60. The van der Waals surface area contributed by atoms with E-state index in [0.717, 1.165) is 5.56 Å². The van der Waals surface area contributed by atoms with Crippen molar-refractivity contribution < 1.29 is 27.5 Å². The van der Waals surface area contributed by atoms with E-state index in [9.17, 15) is 18.0 Å². The highest BCUT2D eigenvalue weighted by Gasteiger charge is 2.39. The predicted octanol–water partition coefficient (Wildman–Crippen LogP) is 4.79. The van der Waals surface area contributed by atoms with Gasteiger partial charge in [0.15, 0.2) is 0 Å². The second-order valence-electron chi connectivity index (χ2n) is 10.3. The molecule has 4 atom stereocenters. The number of amides is 2. The minimum absolute atomic E-state index is 0.0493. The minimum Gasteiger partial charge on any atom is -0.490 e. The van der Waals surface area contributed by atoms with E-state index in [2.05, 4.69) is 10.0 Å². The third-order valence-electron chi connectivity index (χ3n) is 7.48. The van der Waals surface area contributed by atoms with E-state index in [4.69, 9.17) is 21.1 Å². The highest BCUT2D eigenvalue weighted by atomic mass is 35.5. The van der Waals surface area contributed by atoms with Gasteiger partial charge in [0.1, 0.15) is 18.5 Å². The van der Waals surface area contributed by atoms with Crippen LogP contribution in [0.3, 0.4) is 0 Å². The van der Waals surface area contributed by atoms with Crippen LogP contribution in [0.5, 0.6) is 5.75 Å². The van der Waals surface area contributed by atoms with Gasteiger partial charge in [0, 0.05) is 17.8 Å². The standard InChI is InChI=1S/C30H32ClN3O6S/c1-19(20-6-4-3-5-7-20)32-29(35)17-23-11-14-26-28(40-23)18-39-27-15-10-22(16-25(27)30(36)34(26)2)33-41(37,38)24-12-8-21(31)9-13-24/h3-10,12-13,15-16,19,23,26,28,33H,11,14,17-18H2,1-2H3,(H,32,35)/t19-,23-,26-,28+/m1/s1. The van der Waals surface area contributed by atoms with Gasteiger partial charge in [0.25, 0.3) is 15.9 Å². The van der Waals surface area contributed by atoms with Crippen molar-refractivity contribution in [1.29, 1.82) is 0 Å². The lowest BCUT2D eigenvalue weighted by Crippen LogP contribution is -2.54. The molecule has 2 heterocycles. The molecule has 1 saturated heterocycles. The summed E-state index contributed by atoms with van der Waals surface area (Å²) in [6, 6.07) is 19.8. The van der Waals surface area contributed by atoms with Crippen LogP contribution >= 0.6 is 11.6 Å². The summed E-state index contributed by atoms with van der Waals surface area (Å²) in [4.78, 5) is 27.9. The predicted molar refractivity (Wildman–Crippen MR) is 156 cm³/mol. The molecule has 3 aromatic rings. The van der Waals surface area contributed by atoms with Gasteiger partial charge in [-0.05, 0) is 67.8 Å². The van der Waals surface area contributed by atoms with Crippen molar-refractivity contribution in [3.05, 3.63) is 88.9 Å². The van der Waals surface area contributed by atoms with Crippen LogP contribution in [0.15, 0.2) is 77.7 Å². The zero-order chi connectivity index (χ0) is 29.1. The summed E-state index contributed by atoms with van der Waals surface area (Å²) in [6.07, 6.45) is 0.750. The normalized spacial score (nSPS) is 21.4. The molecule has 3 aromatic carbocycles. The molecule has 0 unspecified atom stereocenters. The first-order chi connectivity index (χ1) is 19.6. The quantitative estimate of drug-likeness (QED) is 0.405. The van der Waals surface area contributed by atoms with Gasteiger partial charge >= 0.3 is 0 Å². The van der Waals surface area contributed by atoms with E-state index in [-0.39, 0.29) is 59.2 Å². The van der Waals surface area contributed by atoms with Crippen molar-refractivity contribution in [2.45, 2.75) is 55.4 Å². The maximum Gasteiger partial charge on any atom is 0.261 e. The Bertz CT molecular complexity index is 1520. The monoisotopic (exact) mass is 597 g/mol. The molecule has 11 heteroatoms. The fourth-order valence-electron chi connectivity index (χ4n) is 5.25. The molecule has 9 nitrogen and oxygen atoms in total. The van der Waals surface area contributed by atoms with Crippen molar-refractivity contribution in [2.24, 2.45) is 0 Å². The average molecular weight is 598 g/mol. The van der Waals surface area contributed by atoms with Gasteiger partial charge in [-0.15, -0.1) is 0 Å². The molecule has 0 saturated carbocycles. The number of anilines is 1. The summed E-state index contributed by atoms with van der Waals surface area (Å²) in [7, 11) is -2.18. The number of ether oxygens (including phenoxy) is 2. The number of carbonyl (C=O) groups excluding carboxylic acids is 2. The molecule has 41 heavy (non-hydrogen) atoms. The Balaban J connectivity index is 1.25. The summed E-state index contributed by atoms with van der Waals surface area (Å²) in [5.74, 6) is -0.0754. The van der Waals surface area contributed by atoms with Crippen LogP contribution in [0.2, 0.25) is 5.02 Å². The number of benzene rings is 3. The van der Waals surface area contributed by atoms with Crippen LogP contribution in [-0.4, -0.2) is 57.0 Å². The van der Waals surface area contributed by atoms with Gasteiger partial charge in [-0.2, -0.15) is 0 Å². The van der Waals surface area contributed by atoms with Crippen LogP contribution in [0.25, 0.3) is 0 Å². The van der Waals surface area contributed by atoms with Crippen molar-refractivity contribution >= 4 is 39.1 Å².